The first-order chi connectivity index (χ1) is 14.1. The maximum absolute atomic E-state index is 13.3. The van der Waals surface area contributed by atoms with E-state index >= 15 is 0 Å². The summed E-state index contributed by atoms with van der Waals surface area (Å²) in [6.45, 7) is 10.2. The van der Waals surface area contributed by atoms with Crippen molar-refractivity contribution in [1.29, 1.82) is 0 Å². The number of hydrogen-bond donors (Lipinski definition) is 3. The summed E-state index contributed by atoms with van der Waals surface area (Å²) in [4.78, 5) is 23.4. The molecule has 1 aromatic heterocycles. The molecular weight excluding hydrogens is 371 g/mol. The molecule has 0 bridgehead atoms. The number of amides is 1. The number of guanidine groups is 1. The number of aromatic nitrogens is 1. The summed E-state index contributed by atoms with van der Waals surface area (Å²) in [6, 6.07) is 4.84. The van der Waals surface area contributed by atoms with Crippen LogP contribution in [-0.4, -0.2) is 79.0 Å². The highest BCUT2D eigenvalue weighted by Gasteiger charge is 2.17. The van der Waals surface area contributed by atoms with Crippen molar-refractivity contribution in [2.75, 3.05) is 52.4 Å². The third-order valence-corrected chi connectivity index (χ3v) is 5.26. The van der Waals surface area contributed by atoms with Gasteiger partial charge in [0.05, 0.1) is 6.54 Å². The Morgan fingerprint density at radius 2 is 2.03 bits per heavy atom. The van der Waals surface area contributed by atoms with E-state index in [2.05, 4.69) is 25.5 Å². The van der Waals surface area contributed by atoms with E-state index in [9.17, 15) is 9.18 Å². The quantitative estimate of drug-likeness (QED) is 0.485. The monoisotopic (exact) mass is 402 g/mol. The van der Waals surface area contributed by atoms with E-state index in [-0.39, 0.29) is 11.7 Å². The molecule has 0 spiro atoms. The smallest absolute Gasteiger partial charge is 0.219 e. The highest BCUT2D eigenvalue weighted by Crippen LogP contribution is 2.19. The molecule has 2 aromatic rings. The van der Waals surface area contributed by atoms with Crippen molar-refractivity contribution in [2.24, 2.45) is 4.99 Å². The molecule has 0 radical (unpaired) electrons. The van der Waals surface area contributed by atoms with Crippen LogP contribution in [0.1, 0.15) is 19.4 Å². The second-order valence-electron chi connectivity index (χ2n) is 7.29. The third-order valence-electron chi connectivity index (χ3n) is 5.26. The fourth-order valence-corrected chi connectivity index (χ4v) is 3.61. The molecular formula is C21H31FN6O. The predicted octanol–water partition coefficient (Wildman–Crippen LogP) is 1.57. The van der Waals surface area contributed by atoms with Crippen molar-refractivity contribution < 1.29 is 9.18 Å². The first-order valence-corrected chi connectivity index (χ1v) is 10.3. The molecule has 1 aliphatic heterocycles. The fraction of sp³-hybridized carbons (Fsp3) is 0.524. The largest absolute Gasteiger partial charge is 0.361 e. The number of halogens is 1. The van der Waals surface area contributed by atoms with Crippen LogP contribution in [0.2, 0.25) is 0 Å². The van der Waals surface area contributed by atoms with Crippen LogP contribution in [0.15, 0.2) is 29.4 Å². The topological polar surface area (TPSA) is 75.8 Å². The molecule has 8 heteroatoms. The molecule has 1 aromatic carbocycles. The number of nitrogens with one attached hydrogen (secondary N) is 3. The van der Waals surface area contributed by atoms with Crippen LogP contribution < -0.4 is 10.6 Å². The minimum absolute atomic E-state index is 0.154. The molecule has 3 N–H and O–H groups in total. The summed E-state index contributed by atoms with van der Waals surface area (Å²) in [5, 5.41) is 7.71. The zero-order chi connectivity index (χ0) is 20.6. The number of rotatable bonds is 7. The van der Waals surface area contributed by atoms with E-state index in [0.29, 0.717) is 6.54 Å². The highest BCUT2D eigenvalue weighted by atomic mass is 19.1. The van der Waals surface area contributed by atoms with Crippen LogP contribution in [0.3, 0.4) is 0 Å². The lowest BCUT2D eigenvalue weighted by Crippen LogP contribution is -2.48. The van der Waals surface area contributed by atoms with Gasteiger partial charge in [0.1, 0.15) is 5.82 Å². The lowest BCUT2D eigenvalue weighted by Gasteiger charge is -2.33. The first kappa shape index (κ1) is 21.1. The second-order valence-corrected chi connectivity index (χ2v) is 7.29. The second kappa shape index (κ2) is 10.2. The fourth-order valence-electron chi connectivity index (χ4n) is 3.61. The summed E-state index contributed by atoms with van der Waals surface area (Å²) >= 11 is 0. The summed E-state index contributed by atoms with van der Waals surface area (Å²) in [7, 11) is 0. The lowest BCUT2D eigenvalue weighted by molar-refractivity contribution is -0.130. The number of carbonyl (C=O) groups excluding carboxylic acids is 1. The van der Waals surface area contributed by atoms with Crippen LogP contribution in [0.25, 0.3) is 10.9 Å². The molecule has 1 amide bonds. The van der Waals surface area contributed by atoms with Crippen molar-refractivity contribution in [1.82, 2.24) is 25.4 Å². The van der Waals surface area contributed by atoms with Crippen molar-refractivity contribution in [3.05, 3.63) is 35.8 Å². The molecule has 2 heterocycles. The van der Waals surface area contributed by atoms with Crippen molar-refractivity contribution in [2.45, 2.75) is 20.3 Å². The average Bonchev–Trinajstić information content (AvgIpc) is 3.10. The zero-order valence-electron chi connectivity index (χ0n) is 17.3. The van der Waals surface area contributed by atoms with Gasteiger partial charge in [0, 0.05) is 69.8 Å². The SMILES string of the molecule is CCNC(=NCCN1CCN(C(C)=O)CC1)NCCc1c[nH]c2cc(F)ccc12. The Bertz CT molecular complexity index is 841. The van der Waals surface area contributed by atoms with E-state index in [1.165, 1.54) is 12.1 Å². The molecule has 7 nitrogen and oxygen atoms in total. The zero-order valence-corrected chi connectivity index (χ0v) is 17.3. The minimum atomic E-state index is -0.228. The van der Waals surface area contributed by atoms with E-state index < -0.39 is 0 Å². The molecule has 1 fully saturated rings. The van der Waals surface area contributed by atoms with E-state index in [0.717, 1.165) is 74.7 Å². The number of hydrogen-bond acceptors (Lipinski definition) is 3. The number of piperazine rings is 1. The van der Waals surface area contributed by atoms with Gasteiger partial charge in [0.25, 0.3) is 0 Å². The average molecular weight is 403 g/mol. The van der Waals surface area contributed by atoms with E-state index in [1.54, 1.807) is 6.92 Å². The summed E-state index contributed by atoms with van der Waals surface area (Å²) < 4.78 is 13.3. The Morgan fingerprint density at radius 3 is 2.76 bits per heavy atom. The molecule has 0 saturated carbocycles. The number of aromatic amines is 1. The number of benzene rings is 1. The van der Waals surface area contributed by atoms with Crippen LogP contribution in [-0.2, 0) is 11.2 Å². The standard InChI is InChI=1S/C21H31FN6O/c1-3-23-21(25-8-9-27-10-12-28(13-11-27)16(2)29)24-7-6-17-15-26-20-14-18(22)4-5-19(17)20/h4-5,14-15,26H,3,6-13H2,1-2H3,(H2,23,24,25). The molecule has 3 rings (SSSR count). The van der Waals surface area contributed by atoms with E-state index in [4.69, 9.17) is 0 Å². The predicted molar refractivity (Wildman–Crippen MR) is 115 cm³/mol. The number of aliphatic imine (C=N–C) groups is 1. The van der Waals surface area contributed by atoms with E-state index in [1.807, 2.05) is 24.1 Å². The molecule has 0 unspecified atom stereocenters. The molecule has 0 atom stereocenters. The highest BCUT2D eigenvalue weighted by molar-refractivity contribution is 5.83. The van der Waals surface area contributed by atoms with Crippen LogP contribution in [0.5, 0.6) is 0 Å². The Balaban J connectivity index is 1.45. The number of H-pyrrole nitrogens is 1. The Labute approximate surface area is 171 Å². The molecule has 1 saturated heterocycles. The van der Waals surface area contributed by atoms with Gasteiger partial charge in [0.15, 0.2) is 5.96 Å². The lowest BCUT2D eigenvalue weighted by atomic mass is 10.1. The van der Waals surface area contributed by atoms with Gasteiger partial charge in [-0.15, -0.1) is 0 Å². The summed E-state index contributed by atoms with van der Waals surface area (Å²) in [6.07, 6.45) is 2.76. The van der Waals surface area contributed by atoms with Crippen molar-refractivity contribution in [3.63, 3.8) is 0 Å². The van der Waals surface area contributed by atoms with Crippen LogP contribution in [0, 0.1) is 5.82 Å². The van der Waals surface area contributed by atoms with Gasteiger partial charge in [-0.05, 0) is 37.1 Å². The number of fused-ring (bicyclic) bond motifs is 1. The van der Waals surface area contributed by atoms with Gasteiger partial charge in [-0.25, -0.2) is 4.39 Å². The van der Waals surface area contributed by atoms with Crippen LogP contribution in [0.4, 0.5) is 4.39 Å². The van der Waals surface area contributed by atoms with Gasteiger partial charge in [-0.3, -0.25) is 14.7 Å². The maximum Gasteiger partial charge on any atom is 0.219 e. The summed E-state index contributed by atoms with van der Waals surface area (Å²) in [5.74, 6) is 0.732. The molecule has 158 valence electrons. The molecule has 0 aliphatic carbocycles. The summed E-state index contributed by atoms with van der Waals surface area (Å²) in [5.41, 5.74) is 1.98. The minimum Gasteiger partial charge on any atom is -0.361 e. The normalized spacial score (nSPS) is 15.7. The van der Waals surface area contributed by atoms with Crippen molar-refractivity contribution >= 4 is 22.8 Å². The third kappa shape index (κ3) is 5.93. The molecule has 1 aliphatic rings. The Kier molecular flexibility index (Phi) is 7.46. The maximum atomic E-state index is 13.3. The number of nitrogens with zero attached hydrogens (tertiary/aromatic N) is 3. The van der Waals surface area contributed by atoms with Gasteiger partial charge in [-0.2, -0.15) is 0 Å². The van der Waals surface area contributed by atoms with Crippen molar-refractivity contribution in [3.8, 4) is 0 Å². The molecule has 29 heavy (non-hydrogen) atoms. The number of carbonyl (C=O) groups is 1. The Morgan fingerprint density at radius 1 is 1.24 bits per heavy atom. The van der Waals surface area contributed by atoms with Crippen LogP contribution >= 0.6 is 0 Å². The first-order valence-electron chi connectivity index (χ1n) is 10.3. The van der Waals surface area contributed by atoms with Gasteiger partial charge < -0.3 is 20.5 Å². The Hall–Kier alpha value is -2.61. The van der Waals surface area contributed by atoms with Gasteiger partial charge in [0.2, 0.25) is 5.91 Å². The van der Waals surface area contributed by atoms with Gasteiger partial charge >= 0.3 is 0 Å². The van der Waals surface area contributed by atoms with Gasteiger partial charge in [-0.1, -0.05) is 0 Å².